The summed E-state index contributed by atoms with van der Waals surface area (Å²) in [4.78, 5) is 25.4. The second kappa shape index (κ2) is 5.23. The van der Waals surface area contributed by atoms with E-state index in [1.54, 1.807) is 6.07 Å². The second-order valence-electron chi connectivity index (χ2n) is 3.87. The number of hydrogen-bond acceptors (Lipinski definition) is 4. The summed E-state index contributed by atoms with van der Waals surface area (Å²) >= 11 is 1.38. The Morgan fingerprint density at radius 3 is 2.82 bits per heavy atom. The van der Waals surface area contributed by atoms with Crippen LogP contribution in [0.25, 0.3) is 0 Å². The number of carbonyl (C=O) groups excluding carboxylic acids is 2. The van der Waals surface area contributed by atoms with Crippen molar-refractivity contribution < 1.29 is 9.59 Å². The maximum atomic E-state index is 11.8. The monoisotopic (exact) mass is 250 g/mol. The maximum absolute atomic E-state index is 11.8. The fourth-order valence-electron chi connectivity index (χ4n) is 1.74. The van der Waals surface area contributed by atoms with Crippen LogP contribution in [-0.2, 0) is 9.59 Å². The average Bonchev–Trinajstić information content (AvgIpc) is 2.74. The molecule has 2 rings (SSSR count). The number of imide groups is 1. The summed E-state index contributed by atoms with van der Waals surface area (Å²) in [6.45, 7) is 0.558. The number of benzene rings is 1. The van der Waals surface area contributed by atoms with Crippen molar-refractivity contribution in [2.75, 3.05) is 18.0 Å². The lowest BCUT2D eigenvalue weighted by Gasteiger charge is -2.13. The molecule has 17 heavy (non-hydrogen) atoms. The van der Waals surface area contributed by atoms with Crippen LogP contribution in [0.15, 0.2) is 29.2 Å². The van der Waals surface area contributed by atoms with Crippen molar-refractivity contribution in [2.24, 2.45) is 0 Å². The Morgan fingerprint density at radius 1 is 1.41 bits per heavy atom. The molecule has 5 heteroatoms. The number of likely N-dealkylation sites (tertiary alicyclic amines) is 1. The van der Waals surface area contributed by atoms with Crippen LogP contribution in [0.2, 0.25) is 0 Å². The van der Waals surface area contributed by atoms with Crippen molar-refractivity contribution in [3.05, 3.63) is 24.3 Å². The van der Waals surface area contributed by atoms with E-state index >= 15 is 0 Å². The average molecular weight is 250 g/mol. The van der Waals surface area contributed by atoms with Crippen LogP contribution in [0.1, 0.15) is 12.8 Å². The lowest BCUT2D eigenvalue weighted by Crippen LogP contribution is -2.33. The topological polar surface area (TPSA) is 63.4 Å². The Balaban J connectivity index is 1.92. The molecule has 0 atom stereocenters. The molecule has 0 saturated carbocycles. The summed E-state index contributed by atoms with van der Waals surface area (Å²) in [5, 5.41) is 0. The van der Waals surface area contributed by atoms with E-state index in [0.29, 0.717) is 18.7 Å². The third-order valence-electron chi connectivity index (χ3n) is 2.64. The van der Waals surface area contributed by atoms with E-state index in [-0.39, 0.29) is 17.6 Å². The lowest BCUT2D eigenvalue weighted by atomic mass is 10.3. The zero-order valence-electron chi connectivity index (χ0n) is 9.39. The highest BCUT2D eigenvalue weighted by atomic mass is 32.2. The van der Waals surface area contributed by atoms with Gasteiger partial charge in [0.1, 0.15) is 0 Å². The molecule has 1 aromatic rings. The first kappa shape index (κ1) is 12.0. The van der Waals surface area contributed by atoms with Crippen molar-refractivity contribution in [2.45, 2.75) is 17.7 Å². The molecule has 4 nitrogen and oxygen atoms in total. The third kappa shape index (κ3) is 2.79. The molecule has 1 saturated heterocycles. The van der Waals surface area contributed by atoms with Gasteiger partial charge in [-0.05, 0) is 18.6 Å². The zero-order chi connectivity index (χ0) is 12.3. The standard InChI is InChI=1S/C12H14N2O2S/c13-9-4-1-2-5-10(9)17-8-12(16)14-7-3-6-11(14)15/h1-2,4-5H,3,6-8,13H2. The minimum Gasteiger partial charge on any atom is -0.398 e. The van der Waals surface area contributed by atoms with Gasteiger partial charge in [0.25, 0.3) is 0 Å². The van der Waals surface area contributed by atoms with Crippen LogP contribution in [0, 0.1) is 0 Å². The quantitative estimate of drug-likeness (QED) is 0.652. The van der Waals surface area contributed by atoms with Crippen LogP contribution < -0.4 is 5.73 Å². The zero-order valence-corrected chi connectivity index (χ0v) is 10.2. The summed E-state index contributed by atoms with van der Waals surface area (Å²) in [5.74, 6) is 0.0809. The fourth-order valence-corrected chi connectivity index (χ4v) is 2.59. The largest absolute Gasteiger partial charge is 0.398 e. The second-order valence-corrected chi connectivity index (χ2v) is 4.89. The molecule has 0 spiro atoms. The molecule has 1 fully saturated rings. The molecule has 0 aliphatic carbocycles. The molecule has 0 aromatic heterocycles. The number of anilines is 1. The van der Waals surface area contributed by atoms with Gasteiger partial charge >= 0.3 is 0 Å². The molecule has 1 aromatic carbocycles. The SMILES string of the molecule is Nc1ccccc1SCC(=O)N1CCCC1=O. The van der Waals surface area contributed by atoms with Gasteiger partial charge in [-0.1, -0.05) is 12.1 Å². The predicted molar refractivity (Wildman–Crippen MR) is 67.5 cm³/mol. The Hall–Kier alpha value is -1.49. The van der Waals surface area contributed by atoms with Gasteiger partial charge in [-0.2, -0.15) is 0 Å². The minimum absolute atomic E-state index is 0.0587. The number of nitrogen functional groups attached to an aromatic ring is 1. The van der Waals surface area contributed by atoms with Crippen molar-refractivity contribution in [3.8, 4) is 0 Å². The van der Waals surface area contributed by atoms with Crippen molar-refractivity contribution in [1.29, 1.82) is 0 Å². The third-order valence-corrected chi connectivity index (χ3v) is 3.72. The molecule has 1 aliphatic heterocycles. The number of nitrogens with two attached hydrogens (primary N) is 1. The molecule has 0 unspecified atom stereocenters. The first-order valence-corrected chi connectivity index (χ1v) is 6.47. The van der Waals surface area contributed by atoms with Crippen molar-refractivity contribution >= 4 is 29.3 Å². The number of amides is 2. The van der Waals surface area contributed by atoms with Gasteiger partial charge in [0.05, 0.1) is 5.75 Å². The molecular weight excluding hydrogens is 236 g/mol. The number of hydrogen-bond donors (Lipinski definition) is 1. The summed E-state index contributed by atoms with van der Waals surface area (Å²) in [6, 6.07) is 7.41. The van der Waals surface area contributed by atoms with Crippen LogP contribution in [0.3, 0.4) is 0 Å². The Labute approximate surface area is 104 Å². The van der Waals surface area contributed by atoms with Gasteiger partial charge < -0.3 is 5.73 Å². The van der Waals surface area contributed by atoms with E-state index in [0.717, 1.165) is 11.3 Å². The molecule has 2 N–H and O–H groups in total. The number of rotatable bonds is 3. The highest BCUT2D eigenvalue weighted by Crippen LogP contribution is 2.25. The summed E-state index contributed by atoms with van der Waals surface area (Å²) in [6.07, 6.45) is 1.27. The summed E-state index contributed by atoms with van der Waals surface area (Å²) in [5.41, 5.74) is 6.44. The minimum atomic E-state index is -0.124. The van der Waals surface area contributed by atoms with E-state index in [9.17, 15) is 9.59 Å². The van der Waals surface area contributed by atoms with Crippen LogP contribution >= 0.6 is 11.8 Å². The van der Waals surface area contributed by atoms with Gasteiger partial charge in [0.15, 0.2) is 0 Å². The molecule has 0 bridgehead atoms. The van der Waals surface area contributed by atoms with E-state index in [2.05, 4.69) is 0 Å². The molecule has 2 amide bonds. The van der Waals surface area contributed by atoms with Crippen LogP contribution in [0.4, 0.5) is 5.69 Å². The highest BCUT2D eigenvalue weighted by Gasteiger charge is 2.26. The van der Waals surface area contributed by atoms with Crippen LogP contribution in [-0.4, -0.2) is 29.0 Å². The number of carbonyl (C=O) groups is 2. The van der Waals surface area contributed by atoms with E-state index in [1.807, 2.05) is 18.2 Å². The number of thioether (sulfide) groups is 1. The molecular formula is C12H14N2O2S. The lowest BCUT2D eigenvalue weighted by molar-refractivity contribution is -0.140. The molecule has 1 heterocycles. The van der Waals surface area contributed by atoms with Crippen molar-refractivity contribution in [3.63, 3.8) is 0 Å². The van der Waals surface area contributed by atoms with E-state index < -0.39 is 0 Å². The van der Waals surface area contributed by atoms with Crippen molar-refractivity contribution in [1.82, 2.24) is 4.90 Å². The molecule has 90 valence electrons. The Morgan fingerprint density at radius 2 is 2.18 bits per heavy atom. The number of para-hydroxylation sites is 1. The molecule has 0 radical (unpaired) electrons. The van der Waals surface area contributed by atoms with Gasteiger partial charge in [-0.15, -0.1) is 11.8 Å². The molecule has 1 aliphatic rings. The number of nitrogens with zero attached hydrogens (tertiary/aromatic N) is 1. The Kier molecular flexibility index (Phi) is 3.68. The van der Waals surface area contributed by atoms with Gasteiger partial charge in [-0.25, -0.2) is 0 Å². The van der Waals surface area contributed by atoms with E-state index in [4.69, 9.17) is 5.73 Å². The smallest absolute Gasteiger partial charge is 0.239 e. The van der Waals surface area contributed by atoms with E-state index in [1.165, 1.54) is 16.7 Å². The first-order chi connectivity index (χ1) is 8.18. The highest BCUT2D eigenvalue weighted by molar-refractivity contribution is 8.00. The first-order valence-electron chi connectivity index (χ1n) is 5.49. The van der Waals surface area contributed by atoms with Gasteiger partial charge in [0, 0.05) is 23.5 Å². The summed E-state index contributed by atoms with van der Waals surface area (Å²) in [7, 11) is 0. The van der Waals surface area contributed by atoms with Crippen LogP contribution in [0.5, 0.6) is 0 Å². The van der Waals surface area contributed by atoms with Gasteiger partial charge in [0.2, 0.25) is 11.8 Å². The normalized spacial score (nSPS) is 15.3. The Bertz CT molecular complexity index is 448. The fraction of sp³-hybridized carbons (Fsp3) is 0.333. The summed E-state index contributed by atoms with van der Waals surface area (Å²) < 4.78 is 0. The predicted octanol–water partition coefficient (Wildman–Crippen LogP) is 1.51. The maximum Gasteiger partial charge on any atom is 0.239 e. The van der Waals surface area contributed by atoms with Gasteiger partial charge in [-0.3, -0.25) is 14.5 Å².